The quantitative estimate of drug-likeness (QED) is 0.520. The first-order valence-electron chi connectivity index (χ1n) is 4.94. The van der Waals surface area contributed by atoms with Crippen LogP contribution in [0.5, 0.6) is 0 Å². The highest BCUT2D eigenvalue weighted by atomic mass is 32.2. The molecule has 0 bridgehead atoms. The maximum Gasteiger partial charge on any atom is 0.418 e. The van der Waals surface area contributed by atoms with E-state index in [-0.39, 0.29) is 5.75 Å². The van der Waals surface area contributed by atoms with E-state index in [0.29, 0.717) is 13.0 Å². The van der Waals surface area contributed by atoms with Crippen LogP contribution in [0.3, 0.4) is 0 Å². The monoisotopic (exact) mass is 253 g/mol. The van der Waals surface area contributed by atoms with Crippen LogP contribution < -0.4 is 10.0 Å². The fourth-order valence-electron chi connectivity index (χ4n) is 1.12. The first-order valence-corrected chi connectivity index (χ1v) is 6.59. The second-order valence-electron chi connectivity index (χ2n) is 3.49. The Morgan fingerprint density at radius 3 is 2.50 bits per heavy atom. The molecule has 0 aromatic rings. The molecule has 0 spiro atoms. The molecule has 0 unspecified atom stereocenters. The third kappa shape index (κ3) is 8.45. The van der Waals surface area contributed by atoms with E-state index in [1.165, 1.54) is 4.72 Å². The summed E-state index contributed by atoms with van der Waals surface area (Å²) in [5, 5.41) is 11.2. The van der Waals surface area contributed by atoms with Crippen molar-refractivity contribution in [2.45, 2.75) is 6.42 Å². The topological polar surface area (TPSA) is 98.7 Å². The van der Waals surface area contributed by atoms with Gasteiger partial charge in [0.2, 0.25) is 10.0 Å². The van der Waals surface area contributed by atoms with Gasteiger partial charge in [0.05, 0.1) is 5.75 Å². The molecule has 0 rings (SSSR count). The van der Waals surface area contributed by atoms with Crippen molar-refractivity contribution < 1.29 is 18.3 Å². The molecule has 96 valence electrons. The molecule has 3 N–H and O–H groups in total. The Morgan fingerprint density at radius 1 is 1.38 bits per heavy atom. The number of nitrogens with zero attached hydrogens (tertiary/aromatic N) is 1. The normalized spacial score (nSPS) is 11.7. The molecule has 0 saturated carbocycles. The van der Waals surface area contributed by atoms with Gasteiger partial charge in [-0.15, -0.1) is 0 Å². The molecule has 0 radical (unpaired) electrons. The number of nitrogens with one attached hydrogen (secondary N) is 2. The van der Waals surface area contributed by atoms with Crippen LogP contribution >= 0.6 is 0 Å². The van der Waals surface area contributed by atoms with Crippen molar-refractivity contribution in [1.82, 2.24) is 14.9 Å². The van der Waals surface area contributed by atoms with E-state index >= 15 is 0 Å². The zero-order valence-electron chi connectivity index (χ0n) is 9.56. The fourth-order valence-corrected chi connectivity index (χ4v) is 2.00. The van der Waals surface area contributed by atoms with Gasteiger partial charge in [0.1, 0.15) is 0 Å². The summed E-state index contributed by atoms with van der Waals surface area (Å²) in [4.78, 5) is 12.1. The zero-order valence-corrected chi connectivity index (χ0v) is 10.4. The van der Waals surface area contributed by atoms with Gasteiger partial charge in [0, 0.05) is 13.1 Å². The molecular formula is C8H19N3O4S. The van der Waals surface area contributed by atoms with Crippen molar-refractivity contribution >= 4 is 16.1 Å². The van der Waals surface area contributed by atoms with E-state index in [4.69, 9.17) is 5.11 Å². The summed E-state index contributed by atoms with van der Waals surface area (Å²) in [6.07, 6.45) is -1.13. The summed E-state index contributed by atoms with van der Waals surface area (Å²) in [7, 11) is 0.0370. The molecule has 0 aliphatic carbocycles. The number of carbonyl (C=O) groups is 1. The van der Waals surface area contributed by atoms with E-state index in [9.17, 15) is 13.2 Å². The van der Waals surface area contributed by atoms with Crippen molar-refractivity contribution in [3.05, 3.63) is 0 Å². The van der Waals surface area contributed by atoms with Crippen LogP contribution in [-0.4, -0.2) is 64.0 Å². The van der Waals surface area contributed by atoms with Gasteiger partial charge in [-0.3, -0.25) is 0 Å². The number of likely N-dealkylation sites (N-methyl/N-ethyl adjacent to an activating group) is 2. The number of rotatable bonds is 8. The minimum Gasteiger partial charge on any atom is -0.464 e. The van der Waals surface area contributed by atoms with E-state index in [0.717, 1.165) is 13.1 Å². The first kappa shape index (κ1) is 15.1. The minimum absolute atomic E-state index is 0.177. The summed E-state index contributed by atoms with van der Waals surface area (Å²) in [5.74, 6) is -0.177. The second kappa shape index (κ2) is 7.42. The van der Waals surface area contributed by atoms with Gasteiger partial charge in [-0.2, -0.15) is 0 Å². The Kier molecular flexibility index (Phi) is 7.02. The molecule has 0 aromatic carbocycles. The van der Waals surface area contributed by atoms with E-state index < -0.39 is 16.1 Å². The van der Waals surface area contributed by atoms with Crippen molar-refractivity contribution in [3.8, 4) is 0 Å². The van der Waals surface area contributed by atoms with Crippen LogP contribution in [0.2, 0.25) is 0 Å². The second-order valence-corrected chi connectivity index (χ2v) is 5.33. The van der Waals surface area contributed by atoms with Crippen molar-refractivity contribution in [2.24, 2.45) is 0 Å². The molecule has 0 atom stereocenters. The molecule has 16 heavy (non-hydrogen) atoms. The Balaban J connectivity index is 3.76. The van der Waals surface area contributed by atoms with E-state index in [1.54, 1.807) is 0 Å². The van der Waals surface area contributed by atoms with Crippen LogP contribution in [0.1, 0.15) is 6.42 Å². The zero-order chi connectivity index (χ0) is 12.6. The number of amides is 1. The average molecular weight is 253 g/mol. The van der Waals surface area contributed by atoms with Gasteiger partial charge in [-0.1, -0.05) is 0 Å². The largest absolute Gasteiger partial charge is 0.464 e. The molecule has 1 amide bonds. The van der Waals surface area contributed by atoms with Crippen LogP contribution in [0.4, 0.5) is 4.79 Å². The van der Waals surface area contributed by atoms with Gasteiger partial charge in [0.15, 0.2) is 0 Å². The number of hydrogen-bond acceptors (Lipinski definition) is 5. The molecule has 0 fully saturated rings. The average Bonchev–Trinajstić information content (AvgIpc) is 2.12. The van der Waals surface area contributed by atoms with E-state index in [1.807, 2.05) is 19.0 Å². The highest BCUT2D eigenvalue weighted by molar-refractivity contribution is 7.90. The van der Waals surface area contributed by atoms with Crippen molar-refractivity contribution in [3.63, 3.8) is 0 Å². The molecule has 0 heterocycles. The SMILES string of the molecule is CNCCN(C)CCCS(=O)(=O)NC(=O)O. The van der Waals surface area contributed by atoms with Crippen LogP contribution in [0, 0.1) is 0 Å². The lowest BCUT2D eigenvalue weighted by atomic mass is 10.4. The van der Waals surface area contributed by atoms with Crippen molar-refractivity contribution in [1.29, 1.82) is 0 Å². The van der Waals surface area contributed by atoms with Crippen molar-refractivity contribution in [2.75, 3.05) is 39.5 Å². The van der Waals surface area contributed by atoms with Gasteiger partial charge in [-0.25, -0.2) is 17.9 Å². The predicted octanol–water partition coefficient (Wildman–Crippen LogP) is -0.875. The summed E-state index contributed by atoms with van der Waals surface area (Å²) in [5.41, 5.74) is 0. The molecular weight excluding hydrogens is 234 g/mol. The highest BCUT2D eigenvalue weighted by Gasteiger charge is 2.13. The van der Waals surface area contributed by atoms with Gasteiger partial charge >= 0.3 is 6.09 Å². The molecule has 0 saturated heterocycles. The van der Waals surface area contributed by atoms with Crippen LogP contribution in [0.15, 0.2) is 0 Å². The summed E-state index contributed by atoms with van der Waals surface area (Å²) in [6, 6.07) is 0. The number of carboxylic acid groups (broad SMARTS) is 1. The van der Waals surface area contributed by atoms with Gasteiger partial charge < -0.3 is 15.3 Å². The summed E-state index contributed by atoms with van der Waals surface area (Å²) >= 11 is 0. The standard InChI is InChI=1S/C8H19N3O4S/c1-9-4-6-11(2)5-3-7-16(14,15)10-8(12)13/h9-10H,3-7H2,1-2H3,(H,12,13). The summed E-state index contributed by atoms with van der Waals surface area (Å²) in [6.45, 7) is 2.27. The minimum atomic E-state index is -3.69. The number of hydrogen-bond donors (Lipinski definition) is 3. The maximum atomic E-state index is 11.1. The molecule has 0 aliphatic heterocycles. The lowest BCUT2D eigenvalue weighted by Crippen LogP contribution is -2.33. The molecule has 7 nitrogen and oxygen atoms in total. The third-order valence-corrected chi connectivity index (χ3v) is 3.25. The Morgan fingerprint density at radius 2 is 2.00 bits per heavy atom. The van der Waals surface area contributed by atoms with Crippen LogP contribution in [-0.2, 0) is 10.0 Å². The lowest BCUT2D eigenvalue weighted by Gasteiger charge is -2.15. The Bertz CT molecular complexity index is 304. The Hall–Kier alpha value is -0.860. The Labute approximate surface area is 95.9 Å². The van der Waals surface area contributed by atoms with Gasteiger partial charge in [0.25, 0.3) is 0 Å². The summed E-state index contributed by atoms with van der Waals surface area (Å²) < 4.78 is 23.7. The lowest BCUT2D eigenvalue weighted by molar-refractivity contribution is 0.201. The fraction of sp³-hybridized carbons (Fsp3) is 0.875. The third-order valence-electron chi connectivity index (χ3n) is 1.94. The molecule has 0 aliphatic rings. The molecule has 0 aromatic heterocycles. The van der Waals surface area contributed by atoms with E-state index in [2.05, 4.69) is 5.32 Å². The first-order chi connectivity index (χ1) is 7.37. The van der Waals surface area contributed by atoms with Crippen LogP contribution in [0.25, 0.3) is 0 Å². The molecule has 8 heteroatoms. The predicted molar refractivity (Wildman–Crippen MR) is 61.0 cm³/mol. The van der Waals surface area contributed by atoms with Gasteiger partial charge in [-0.05, 0) is 27.1 Å². The smallest absolute Gasteiger partial charge is 0.418 e. The highest BCUT2D eigenvalue weighted by Crippen LogP contribution is 1.92. The maximum absolute atomic E-state index is 11.1. The number of sulfonamides is 1.